The molecule has 182 valence electrons. The van der Waals surface area contributed by atoms with Crippen LogP contribution >= 0.6 is 0 Å². The average Bonchev–Trinajstić information content (AvgIpc) is 3.52. The van der Waals surface area contributed by atoms with Gasteiger partial charge in [0.2, 0.25) is 0 Å². The first-order valence-corrected chi connectivity index (χ1v) is 12.1. The van der Waals surface area contributed by atoms with E-state index in [1.54, 1.807) is 28.6 Å². The number of anilines is 1. The van der Waals surface area contributed by atoms with Gasteiger partial charge in [-0.3, -0.25) is 14.1 Å². The van der Waals surface area contributed by atoms with Crippen LogP contribution in [0.5, 0.6) is 0 Å². The highest BCUT2D eigenvalue weighted by molar-refractivity contribution is 5.85. The van der Waals surface area contributed by atoms with Crippen molar-refractivity contribution in [3.8, 4) is 6.07 Å². The van der Waals surface area contributed by atoms with Gasteiger partial charge in [0.05, 0.1) is 29.7 Å². The van der Waals surface area contributed by atoms with E-state index in [9.17, 15) is 4.79 Å². The van der Waals surface area contributed by atoms with E-state index in [1.807, 2.05) is 18.3 Å². The van der Waals surface area contributed by atoms with Gasteiger partial charge in [-0.1, -0.05) is 13.8 Å². The number of nitrogens with zero attached hydrogens (tertiary/aromatic N) is 10. The molecule has 1 aliphatic rings. The molecular weight excluding hydrogens is 444 g/mol. The monoisotopic (exact) mass is 474 g/mol. The summed E-state index contributed by atoms with van der Waals surface area (Å²) < 4.78 is 4.84. The van der Waals surface area contributed by atoms with E-state index in [0.717, 1.165) is 37.3 Å². The third-order valence-corrected chi connectivity index (χ3v) is 7.20. The fraction of sp³-hybridized carbons (Fsp3) is 0.500. The van der Waals surface area contributed by atoms with Gasteiger partial charge < -0.3 is 4.90 Å². The van der Waals surface area contributed by atoms with Crippen molar-refractivity contribution >= 4 is 22.5 Å². The highest BCUT2D eigenvalue weighted by Gasteiger charge is 2.37. The summed E-state index contributed by atoms with van der Waals surface area (Å²) in [7, 11) is 1.69. The first kappa shape index (κ1) is 23.0. The van der Waals surface area contributed by atoms with E-state index in [4.69, 9.17) is 10.2 Å². The molecule has 1 unspecified atom stereocenters. The molecule has 0 radical (unpaired) electrons. The minimum atomic E-state index is -0.319. The maximum Gasteiger partial charge on any atom is 0.349 e. The highest BCUT2D eigenvalue weighted by atomic mass is 16.1. The number of nitriles is 1. The molecule has 1 saturated heterocycles. The molecule has 35 heavy (non-hydrogen) atoms. The van der Waals surface area contributed by atoms with Gasteiger partial charge in [0, 0.05) is 50.5 Å². The lowest BCUT2D eigenvalue weighted by Gasteiger charge is -2.48. The zero-order valence-corrected chi connectivity index (χ0v) is 20.5. The van der Waals surface area contributed by atoms with Gasteiger partial charge in [0.15, 0.2) is 17.0 Å². The molecule has 4 aromatic rings. The lowest BCUT2D eigenvalue weighted by Crippen LogP contribution is -2.59. The second-order valence-electron chi connectivity index (χ2n) is 9.13. The number of rotatable bonds is 6. The fourth-order valence-corrected chi connectivity index (χ4v) is 5.14. The van der Waals surface area contributed by atoms with Gasteiger partial charge in [-0.05, 0) is 25.8 Å². The van der Waals surface area contributed by atoms with E-state index in [0.29, 0.717) is 16.9 Å². The molecule has 5 rings (SSSR count). The van der Waals surface area contributed by atoms with Crippen LogP contribution in [0.15, 0.2) is 35.5 Å². The smallest absolute Gasteiger partial charge is 0.349 e. The number of aryl methyl sites for hydroxylation is 1. The molecule has 11 nitrogen and oxygen atoms in total. The maximum atomic E-state index is 12.7. The summed E-state index contributed by atoms with van der Waals surface area (Å²) in [6.45, 7) is 8.23. The second-order valence-corrected chi connectivity index (χ2v) is 9.13. The zero-order valence-electron chi connectivity index (χ0n) is 20.5. The molecule has 1 aliphatic heterocycles. The third kappa shape index (κ3) is 3.93. The van der Waals surface area contributed by atoms with Gasteiger partial charge in [-0.15, -0.1) is 0 Å². The summed E-state index contributed by atoms with van der Waals surface area (Å²) in [4.78, 5) is 26.8. The van der Waals surface area contributed by atoms with Crippen LogP contribution in [-0.2, 0) is 13.6 Å². The Morgan fingerprint density at radius 1 is 1.17 bits per heavy atom. The lowest BCUT2D eigenvalue weighted by atomic mass is 9.99. The third-order valence-electron chi connectivity index (χ3n) is 7.20. The zero-order chi connectivity index (χ0) is 24.7. The largest absolute Gasteiger partial charge is 0.349 e. The van der Waals surface area contributed by atoms with Crippen LogP contribution in [0.4, 0.5) is 5.82 Å². The molecule has 0 bridgehead atoms. The second kappa shape index (κ2) is 9.11. The minimum Gasteiger partial charge on any atom is -0.349 e. The van der Waals surface area contributed by atoms with E-state index in [2.05, 4.69) is 51.8 Å². The molecule has 11 heteroatoms. The Morgan fingerprint density at radius 3 is 2.71 bits per heavy atom. The van der Waals surface area contributed by atoms with Crippen LogP contribution in [-0.4, -0.2) is 64.0 Å². The molecule has 0 amide bonds. The van der Waals surface area contributed by atoms with Crippen molar-refractivity contribution in [2.24, 2.45) is 7.05 Å². The molecule has 0 aromatic carbocycles. The molecule has 5 heterocycles. The molecule has 0 saturated carbocycles. The van der Waals surface area contributed by atoms with Gasteiger partial charge >= 0.3 is 5.69 Å². The van der Waals surface area contributed by atoms with E-state index in [-0.39, 0.29) is 30.4 Å². The van der Waals surface area contributed by atoms with Crippen molar-refractivity contribution in [2.45, 2.75) is 58.3 Å². The first-order chi connectivity index (χ1) is 16.9. The minimum absolute atomic E-state index is 0.122. The Balaban J connectivity index is 1.51. The molecule has 4 aromatic heterocycles. The quantitative estimate of drug-likeness (QED) is 0.418. The van der Waals surface area contributed by atoms with Crippen LogP contribution in [0.2, 0.25) is 0 Å². The Bertz CT molecular complexity index is 1460. The summed E-state index contributed by atoms with van der Waals surface area (Å²) in [5.74, 6) is 0.608. The van der Waals surface area contributed by atoms with Gasteiger partial charge in [-0.2, -0.15) is 20.4 Å². The highest BCUT2D eigenvalue weighted by Crippen LogP contribution is 2.33. The molecule has 0 spiro atoms. The molecule has 3 atom stereocenters. The summed E-state index contributed by atoms with van der Waals surface area (Å²) >= 11 is 0. The normalized spacial score (nSPS) is 19.9. The van der Waals surface area contributed by atoms with Crippen LogP contribution in [0.3, 0.4) is 0 Å². The Labute approximate surface area is 203 Å². The Kier molecular flexibility index (Phi) is 5.98. The van der Waals surface area contributed by atoms with Crippen LogP contribution < -0.4 is 10.6 Å². The van der Waals surface area contributed by atoms with Crippen molar-refractivity contribution in [1.29, 1.82) is 5.26 Å². The van der Waals surface area contributed by atoms with E-state index >= 15 is 0 Å². The number of aromatic nitrogens is 7. The van der Waals surface area contributed by atoms with Crippen molar-refractivity contribution < 1.29 is 0 Å². The molecule has 1 fully saturated rings. The van der Waals surface area contributed by atoms with Crippen molar-refractivity contribution in [3.63, 3.8) is 0 Å². The lowest BCUT2D eigenvalue weighted by molar-refractivity contribution is 0.0988. The van der Waals surface area contributed by atoms with Crippen LogP contribution in [0.25, 0.3) is 16.7 Å². The predicted octanol–water partition coefficient (Wildman–Crippen LogP) is 2.14. The van der Waals surface area contributed by atoms with Crippen molar-refractivity contribution in [3.05, 3.63) is 46.9 Å². The topological polar surface area (TPSA) is 113 Å². The SMILES string of the molecule is CC[C@H]1CN(C(C)c2ccn3nccc3n2)[C@H](CC)CN1c1nc(=O)n(C)c2cn(CC#N)nc12. The number of hydrogen-bond donors (Lipinski definition) is 0. The number of piperazine rings is 1. The summed E-state index contributed by atoms with van der Waals surface area (Å²) in [6.07, 6.45) is 7.31. The summed E-state index contributed by atoms with van der Waals surface area (Å²) in [5.41, 5.74) is 2.88. The van der Waals surface area contributed by atoms with Crippen LogP contribution in [0, 0.1) is 11.3 Å². The van der Waals surface area contributed by atoms with Crippen LogP contribution in [0.1, 0.15) is 45.3 Å². The average molecular weight is 475 g/mol. The fourth-order valence-electron chi connectivity index (χ4n) is 5.14. The predicted molar refractivity (Wildman–Crippen MR) is 132 cm³/mol. The van der Waals surface area contributed by atoms with Gasteiger partial charge in [0.25, 0.3) is 0 Å². The Morgan fingerprint density at radius 2 is 1.97 bits per heavy atom. The standard InChI is InChI=1S/C24H30N10O/c1-5-17-14-33(23-22-20(30(4)24(35)28-23)15-31(29-22)12-9-25)18(6-2)13-32(17)16(3)19-8-11-34-21(27-19)7-10-26-34/h7-8,10-11,15-18H,5-6,12-14H2,1-4H3/t16?,17-,18+/m1/s1. The number of hydrogen-bond acceptors (Lipinski definition) is 8. The Hall–Kier alpha value is -3.78. The van der Waals surface area contributed by atoms with Gasteiger partial charge in [0.1, 0.15) is 6.54 Å². The molecular formula is C24H30N10O. The molecule has 0 N–H and O–H groups in total. The first-order valence-electron chi connectivity index (χ1n) is 12.1. The maximum absolute atomic E-state index is 12.7. The van der Waals surface area contributed by atoms with E-state index < -0.39 is 0 Å². The van der Waals surface area contributed by atoms with Gasteiger partial charge in [-0.25, -0.2) is 14.3 Å². The van der Waals surface area contributed by atoms with Crippen molar-refractivity contribution in [2.75, 3.05) is 18.0 Å². The summed E-state index contributed by atoms with van der Waals surface area (Å²) in [5, 5.41) is 18.0. The summed E-state index contributed by atoms with van der Waals surface area (Å²) in [6, 6.07) is 6.60. The van der Waals surface area contributed by atoms with Crippen molar-refractivity contribution in [1.82, 2.24) is 38.8 Å². The molecule has 0 aliphatic carbocycles. The van der Waals surface area contributed by atoms with E-state index in [1.165, 1.54) is 4.57 Å². The number of fused-ring (bicyclic) bond motifs is 2.